The van der Waals surface area contributed by atoms with Gasteiger partial charge in [-0.3, -0.25) is 4.79 Å². The van der Waals surface area contributed by atoms with Crippen molar-refractivity contribution in [3.05, 3.63) is 27.6 Å². The van der Waals surface area contributed by atoms with E-state index in [1.165, 1.54) is 23.1 Å². The van der Waals surface area contributed by atoms with Gasteiger partial charge in [0, 0.05) is 23.5 Å². The van der Waals surface area contributed by atoms with Crippen molar-refractivity contribution < 1.29 is 0 Å². The molecule has 0 saturated carbocycles. The third kappa shape index (κ3) is 2.70. The summed E-state index contributed by atoms with van der Waals surface area (Å²) < 4.78 is 3.48. The standard InChI is InChI=1S/C15H19N5OS2/c1-6-19-12(21)9-7-16-13(22-5)18-11(9)20(19)14-17-10(8-23-14)15(2,3)4/h7-8H,6H2,1-5H3. The van der Waals surface area contributed by atoms with Gasteiger partial charge in [-0.1, -0.05) is 32.5 Å². The molecule has 122 valence electrons. The first-order valence-electron chi connectivity index (χ1n) is 7.35. The molecule has 0 aliphatic rings. The fraction of sp³-hybridized carbons (Fsp3) is 0.467. The quantitative estimate of drug-likeness (QED) is 0.537. The molecule has 0 N–H and O–H groups in total. The van der Waals surface area contributed by atoms with E-state index in [0.29, 0.717) is 22.7 Å². The van der Waals surface area contributed by atoms with Gasteiger partial charge >= 0.3 is 0 Å². The first-order chi connectivity index (χ1) is 10.9. The van der Waals surface area contributed by atoms with Crippen molar-refractivity contribution in [1.82, 2.24) is 24.3 Å². The highest BCUT2D eigenvalue weighted by Gasteiger charge is 2.22. The molecule has 3 rings (SSSR count). The lowest BCUT2D eigenvalue weighted by atomic mass is 9.93. The molecule has 0 fully saturated rings. The number of aromatic nitrogens is 5. The number of thiazole rings is 1. The van der Waals surface area contributed by atoms with Crippen LogP contribution in [0.25, 0.3) is 16.2 Å². The van der Waals surface area contributed by atoms with E-state index >= 15 is 0 Å². The van der Waals surface area contributed by atoms with E-state index in [1.807, 2.05) is 23.2 Å². The first-order valence-corrected chi connectivity index (χ1v) is 9.46. The van der Waals surface area contributed by atoms with Crippen LogP contribution in [-0.4, -0.2) is 30.6 Å². The average molecular weight is 349 g/mol. The van der Waals surface area contributed by atoms with Gasteiger partial charge in [0.2, 0.25) is 5.13 Å². The van der Waals surface area contributed by atoms with Crippen LogP contribution in [0.5, 0.6) is 0 Å². The molecule has 0 aromatic carbocycles. The maximum Gasteiger partial charge on any atom is 0.278 e. The van der Waals surface area contributed by atoms with Crippen molar-refractivity contribution in [2.75, 3.05) is 6.26 Å². The monoisotopic (exact) mass is 349 g/mol. The molecule has 0 aliphatic heterocycles. The van der Waals surface area contributed by atoms with Gasteiger partial charge in [0.05, 0.1) is 5.69 Å². The summed E-state index contributed by atoms with van der Waals surface area (Å²) in [4.78, 5) is 26.1. The molecule has 0 spiro atoms. The Labute approximate surface area is 142 Å². The van der Waals surface area contributed by atoms with Crippen LogP contribution in [0.3, 0.4) is 0 Å². The molecule has 0 saturated heterocycles. The van der Waals surface area contributed by atoms with Crippen molar-refractivity contribution in [3.63, 3.8) is 0 Å². The Morgan fingerprint density at radius 1 is 1.30 bits per heavy atom. The molecule has 0 amide bonds. The summed E-state index contributed by atoms with van der Waals surface area (Å²) in [6.07, 6.45) is 3.53. The third-order valence-electron chi connectivity index (χ3n) is 3.58. The van der Waals surface area contributed by atoms with Crippen molar-refractivity contribution in [1.29, 1.82) is 0 Å². The Bertz CT molecular complexity index is 916. The lowest BCUT2D eigenvalue weighted by Gasteiger charge is -2.14. The minimum absolute atomic E-state index is 0.0333. The third-order valence-corrected chi connectivity index (χ3v) is 4.96. The minimum Gasteiger partial charge on any atom is -0.267 e. The first kappa shape index (κ1) is 16.2. The van der Waals surface area contributed by atoms with E-state index in [4.69, 9.17) is 4.98 Å². The Morgan fingerprint density at radius 3 is 2.61 bits per heavy atom. The summed E-state index contributed by atoms with van der Waals surface area (Å²) >= 11 is 2.98. The van der Waals surface area contributed by atoms with Gasteiger partial charge in [-0.05, 0) is 13.2 Å². The van der Waals surface area contributed by atoms with Crippen LogP contribution in [0.2, 0.25) is 0 Å². The topological polar surface area (TPSA) is 65.6 Å². The second kappa shape index (κ2) is 5.76. The molecule has 0 radical (unpaired) electrons. The van der Waals surface area contributed by atoms with Gasteiger partial charge in [-0.2, -0.15) is 0 Å². The molecule has 3 aromatic rings. The lowest BCUT2D eigenvalue weighted by molar-refractivity contribution is 0.554. The number of rotatable bonds is 3. The molecular formula is C15H19N5OS2. The summed E-state index contributed by atoms with van der Waals surface area (Å²) in [6.45, 7) is 8.87. The maximum absolute atomic E-state index is 12.6. The lowest BCUT2D eigenvalue weighted by Crippen LogP contribution is -2.21. The zero-order chi connectivity index (χ0) is 16.8. The van der Waals surface area contributed by atoms with Crippen molar-refractivity contribution in [2.45, 2.75) is 44.8 Å². The second-order valence-corrected chi connectivity index (χ2v) is 7.80. The van der Waals surface area contributed by atoms with Crippen LogP contribution in [0.15, 0.2) is 21.5 Å². The van der Waals surface area contributed by atoms with E-state index in [1.54, 1.807) is 10.9 Å². The molecule has 0 unspecified atom stereocenters. The molecule has 8 heteroatoms. The van der Waals surface area contributed by atoms with Crippen LogP contribution >= 0.6 is 23.1 Å². The molecule has 0 bridgehead atoms. The van der Waals surface area contributed by atoms with Crippen molar-refractivity contribution in [3.8, 4) is 5.13 Å². The Balaban J connectivity index is 2.31. The summed E-state index contributed by atoms with van der Waals surface area (Å²) in [5, 5.41) is 3.97. The van der Waals surface area contributed by atoms with Gasteiger partial charge in [0.15, 0.2) is 10.8 Å². The number of nitrogens with zero attached hydrogens (tertiary/aromatic N) is 5. The van der Waals surface area contributed by atoms with Crippen LogP contribution in [0.1, 0.15) is 33.4 Å². The van der Waals surface area contributed by atoms with Gasteiger partial charge in [-0.15, -0.1) is 11.3 Å². The number of hydrogen-bond acceptors (Lipinski definition) is 6. The largest absolute Gasteiger partial charge is 0.278 e. The van der Waals surface area contributed by atoms with Gasteiger partial charge in [-0.25, -0.2) is 24.3 Å². The van der Waals surface area contributed by atoms with E-state index in [-0.39, 0.29) is 11.0 Å². The second-order valence-electron chi connectivity index (χ2n) is 6.19. The highest BCUT2D eigenvalue weighted by molar-refractivity contribution is 7.98. The van der Waals surface area contributed by atoms with Crippen LogP contribution in [0, 0.1) is 0 Å². The summed E-state index contributed by atoms with van der Waals surface area (Å²) in [5.41, 5.74) is 1.51. The molecule has 3 aromatic heterocycles. The van der Waals surface area contributed by atoms with E-state index in [9.17, 15) is 4.79 Å². The van der Waals surface area contributed by atoms with Crippen LogP contribution in [-0.2, 0) is 12.0 Å². The van der Waals surface area contributed by atoms with E-state index < -0.39 is 0 Å². The fourth-order valence-corrected chi connectivity index (χ4v) is 3.69. The zero-order valence-corrected chi connectivity index (χ0v) is 15.5. The highest BCUT2D eigenvalue weighted by Crippen LogP contribution is 2.27. The van der Waals surface area contributed by atoms with Crippen LogP contribution in [0.4, 0.5) is 0 Å². The predicted octanol–water partition coefficient (Wildman–Crippen LogP) is 3.08. The fourth-order valence-electron chi connectivity index (χ4n) is 2.30. The normalized spacial score (nSPS) is 12.2. The van der Waals surface area contributed by atoms with Gasteiger partial charge in [0.1, 0.15) is 5.39 Å². The molecule has 0 aliphatic carbocycles. The SMILES string of the molecule is CCn1c(=O)c2cnc(SC)nc2n1-c1nc(C(C)(C)C)cs1. The number of thioether (sulfide) groups is 1. The maximum atomic E-state index is 12.6. The zero-order valence-electron chi connectivity index (χ0n) is 13.8. The Morgan fingerprint density at radius 2 is 2.04 bits per heavy atom. The molecular weight excluding hydrogens is 330 g/mol. The number of hydrogen-bond donors (Lipinski definition) is 0. The van der Waals surface area contributed by atoms with Crippen molar-refractivity contribution in [2.24, 2.45) is 0 Å². The molecule has 3 heterocycles. The van der Waals surface area contributed by atoms with E-state index in [2.05, 4.69) is 30.7 Å². The van der Waals surface area contributed by atoms with Crippen LogP contribution < -0.4 is 5.56 Å². The van der Waals surface area contributed by atoms with Gasteiger partial charge in [0.25, 0.3) is 5.56 Å². The smallest absolute Gasteiger partial charge is 0.267 e. The Hall–Kier alpha value is -1.67. The minimum atomic E-state index is -0.0809. The molecule has 23 heavy (non-hydrogen) atoms. The highest BCUT2D eigenvalue weighted by atomic mass is 32.2. The van der Waals surface area contributed by atoms with Crippen molar-refractivity contribution >= 4 is 34.1 Å². The van der Waals surface area contributed by atoms with E-state index in [0.717, 1.165) is 10.8 Å². The predicted molar refractivity (Wildman–Crippen MR) is 95.0 cm³/mol. The Kier molecular flexibility index (Phi) is 4.05. The summed E-state index contributed by atoms with van der Waals surface area (Å²) in [6, 6.07) is 0. The number of fused-ring (bicyclic) bond motifs is 1. The molecule has 0 atom stereocenters. The summed E-state index contributed by atoms with van der Waals surface area (Å²) in [7, 11) is 0. The van der Waals surface area contributed by atoms with Gasteiger partial charge < -0.3 is 0 Å². The molecule has 6 nitrogen and oxygen atoms in total. The summed E-state index contributed by atoms with van der Waals surface area (Å²) in [5.74, 6) is 0. The average Bonchev–Trinajstić information content (AvgIpc) is 3.09.